The second-order valence-corrected chi connectivity index (χ2v) is 5.07. The lowest BCUT2D eigenvalue weighted by molar-refractivity contribution is -0.119. The SMILES string of the molecule is NC(=O)C1Cc2ccccc2S(=O)(=O)N1. The second kappa shape index (κ2) is 3.32. The van der Waals surface area contributed by atoms with Gasteiger partial charge in [-0.2, -0.15) is 4.72 Å². The first kappa shape index (κ1) is 10.1. The monoisotopic (exact) mass is 226 g/mol. The molecule has 1 aromatic rings. The first-order chi connectivity index (χ1) is 7.00. The van der Waals surface area contributed by atoms with E-state index in [9.17, 15) is 13.2 Å². The van der Waals surface area contributed by atoms with Crippen molar-refractivity contribution in [3.05, 3.63) is 29.8 Å². The van der Waals surface area contributed by atoms with Crippen LogP contribution in [-0.4, -0.2) is 20.4 Å². The molecule has 0 bridgehead atoms. The van der Waals surface area contributed by atoms with Gasteiger partial charge in [0.05, 0.1) is 4.90 Å². The molecule has 0 saturated carbocycles. The van der Waals surface area contributed by atoms with Crippen LogP contribution in [0, 0.1) is 0 Å². The van der Waals surface area contributed by atoms with E-state index in [0.29, 0.717) is 12.0 Å². The van der Waals surface area contributed by atoms with Gasteiger partial charge in [0.1, 0.15) is 6.04 Å². The summed E-state index contributed by atoms with van der Waals surface area (Å²) in [5.74, 6) is -0.659. The van der Waals surface area contributed by atoms with Gasteiger partial charge < -0.3 is 5.73 Å². The summed E-state index contributed by atoms with van der Waals surface area (Å²) in [4.78, 5) is 11.2. The first-order valence-corrected chi connectivity index (χ1v) is 5.88. The van der Waals surface area contributed by atoms with Crippen molar-refractivity contribution in [3.8, 4) is 0 Å². The summed E-state index contributed by atoms with van der Waals surface area (Å²) in [7, 11) is -3.59. The van der Waals surface area contributed by atoms with E-state index in [1.807, 2.05) is 0 Å². The molecule has 1 heterocycles. The minimum atomic E-state index is -3.59. The van der Waals surface area contributed by atoms with E-state index in [2.05, 4.69) is 4.72 Å². The van der Waals surface area contributed by atoms with Gasteiger partial charge in [0.25, 0.3) is 0 Å². The molecular formula is C9H10N2O3S. The fraction of sp³-hybridized carbons (Fsp3) is 0.222. The lowest BCUT2D eigenvalue weighted by atomic mass is 10.1. The normalized spacial score (nSPS) is 23.1. The van der Waals surface area contributed by atoms with E-state index in [-0.39, 0.29) is 4.90 Å². The van der Waals surface area contributed by atoms with Gasteiger partial charge >= 0.3 is 0 Å². The number of hydrogen-bond acceptors (Lipinski definition) is 3. The van der Waals surface area contributed by atoms with Crippen LogP contribution in [0.5, 0.6) is 0 Å². The number of carbonyl (C=O) groups excluding carboxylic acids is 1. The standard InChI is InChI=1S/C9H10N2O3S/c10-9(12)7-5-6-3-1-2-4-8(6)15(13,14)11-7/h1-4,7,11H,5H2,(H2,10,12). The molecule has 5 nitrogen and oxygen atoms in total. The van der Waals surface area contributed by atoms with Gasteiger partial charge in [0.15, 0.2) is 0 Å². The predicted octanol–water partition coefficient (Wildman–Crippen LogP) is -0.625. The quantitative estimate of drug-likeness (QED) is 0.668. The number of amides is 1. The molecule has 0 aromatic heterocycles. The molecule has 1 unspecified atom stereocenters. The Bertz CT molecular complexity index is 510. The van der Waals surface area contributed by atoms with Gasteiger partial charge in [-0.25, -0.2) is 8.42 Å². The highest BCUT2D eigenvalue weighted by molar-refractivity contribution is 7.89. The van der Waals surface area contributed by atoms with Gasteiger partial charge in [-0.3, -0.25) is 4.79 Å². The van der Waals surface area contributed by atoms with Gasteiger partial charge in [-0.15, -0.1) is 0 Å². The van der Waals surface area contributed by atoms with E-state index >= 15 is 0 Å². The maximum atomic E-state index is 11.7. The van der Waals surface area contributed by atoms with Crippen LogP contribution in [-0.2, 0) is 21.2 Å². The maximum Gasteiger partial charge on any atom is 0.241 e. The lowest BCUT2D eigenvalue weighted by Crippen LogP contribution is -2.48. The Balaban J connectivity index is 2.53. The molecule has 1 amide bonds. The Morgan fingerprint density at radius 1 is 1.40 bits per heavy atom. The van der Waals surface area contributed by atoms with Crippen LogP contribution in [0.1, 0.15) is 5.56 Å². The molecule has 1 atom stereocenters. The zero-order valence-electron chi connectivity index (χ0n) is 7.80. The average molecular weight is 226 g/mol. The highest BCUT2D eigenvalue weighted by atomic mass is 32.2. The number of sulfonamides is 1. The Hall–Kier alpha value is -1.40. The topological polar surface area (TPSA) is 89.3 Å². The van der Waals surface area contributed by atoms with Crippen LogP contribution in [0.3, 0.4) is 0 Å². The van der Waals surface area contributed by atoms with Gasteiger partial charge in [0, 0.05) is 0 Å². The van der Waals surface area contributed by atoms with Gasteiger partial charge in [0.2, 0.25) is 15.9 Å². The van der Waals surface area contributed by atoms with Crippen molar-refractivity contribution in [3.63, 3.8) is 0 Å². The van der Waals surface area contributed by atoms with Crippen LogP contribution in [0.15, 0.2) is 29.2 Å². The Kier molecular flexibility index (Phi) is 2.24. The number of nitrogens with one attached hydrogen (secondary N) is 1. The van der Waals surface area contributed by atoms with E-state index in [1.54, 1.807) is 18.2 Å². The minimum absolute atomic E-state index is 0.225. The van der Waals surface area contributed by atoms with Gasteiger partial charge in [-0.05, 0) is 18.1 Å². The highest BCUT2D eigenvalue weighted by Crippen LogP contribution is 2.21. The molecule has 15 heavy (non-hydrogen) atoms. The molecule has 1 aliphatic rings. The molecule has 1 aliphatic heterocycles. The molecule has 3 N–H and O–H groups in total. The number of fused-ring (bicyclic) bond motifs is 1. The van der Waals surface area contributed by atoms with E-state index < -0.39 is 22.0 Å². The number of nitrogens with two attached hydrogens (primary N) is 1. The summed E-state index contributed by atoms with van der Waals surface area (Å²) >= 11 is 0. The van der Waals surface area contributed by atoms with Crippen LogP contribution < -0.4 is 10.5 Å². The zero-order valence-corrected chi connectivity index (χ0v) is 8.62. The Morgan fingerprint density at radius 3 is 2.73 bits per heavy atom. The molecule has 0 radical (unpaired) electrons. The molecule has 0 aliphatic carbocycles. The van der Waals surface area contributed by atoms with Crippen molar-refractivity contribution in [2.45, 2.75) is 17.4 Å². The molecule has 80 valence electrons. The minimum Gasteiger partial charge on any atom is -0.368 e. The van der Waals surface area contributed by atoms with Gasteiger partial charge in [-0.1, -0.05) is 18.2 Å². The summed E-state index contributed by atoms with van der Waals surface area (Å²) in [6.45, 7) is 0. The summed E-state index contributed by atoms with van der Waals surface area (Å²) in [6, 6.07) is 5.73. The van der Waals surface area contributed by atoms with Crippen molar-refractivity contribution in [2.24, 2.45) is 5.73 Å². The summed E-state index contributed by atoms with van der Waals surface area (Å²) in [6.07, 6.45) is 0.310. The van der Waals surface area contributed by atoms with E-state index in [0.717, 1.165) is 0 Å². The number of carbonyl (C=O) groups is 1. The predicted molar refractivity (Wildman–Crippen MR) is 53.4 cm³/mol. The molecule has 2 rings (SSSR count). The lowest BCUT2D eigenvalue weighted by Gasteiger charge is -2.23. The molecule has 0 spiro atoms. The molecule has 0 fully saturated rings. The van der Waals surface area contributed by atoms with Crippen LogP contribution in [0.25, 0.3) is 0 Å². The van der Waals surface area contributed by atoms with Crippen molar-refractivity contribution in [2.75, 3.05) is 0 Å². The first-order valence-electron chi connectivity index (χ1n) is 4.40. The second-order valence-electron chi connectivity index (χ2n) is 3.39. The molecule has 6 heteroatoms. The summed E-state index contributed by atoms with van der Waals surface area (Å²) in [5, 5.41) is 0. The number of rotatable bonds is 1. The Labute approximate surface area is 87.3 Å². The number of hydrogen-bond donors (Lipinski definition) is 2. The van der Waals surface area contributed by atoms with Crippen molar-refractivity contribution in [1.82, 2.24) is 4.72 Å². The maximum absolute atomic E-state index is 11.7. The summed E-state index contributed by atoms with van der Waals surface area (Å²) < 4.78 is 25.6. The molecule has 1 aromatic carbocycles. The van der Waals surface area contributed by atoms with E-state index in [1.165, 1.54) is 6.07 Å². The Morgan fingerprint density at radius 2 is 2.07 bits per heavy atom. The number of primary amides is 1. The van der Waals surface area contributed by atoms with Crippen LogP contribution >= 0.6 is 0 Å². The van der Waals surface area contributed by atoms with E-state index in [4.69, 9.17) is 5.73 Å². The molecular weight excluding hydrogens is 216 g/mol. The average Bonchev–Trinajstić information content (AvgIpc) is 2.16. The molecule has 0 saturated heterocycles. The fourth-order valence-corrected chi connectivity index (χ4v) is 3.06. The smallest absolute Gasteiger partial charge is 0.241 e. The van der Waals surface area contributed by atoms with Crippen molar-refractivity contribution < 1.29 is 13.2 Å². The summed E-state index contributed by atoms with van der Waals surface area (Å²) in [5.41, 5.74) is 5.70. The largest absolute Gasteiger partial charge is 0.368 e. The highest BCUT2D eigenvalue weighted by Gasteiger charge is 2.31. The van der Waals surface area contributed by atoms with Crippen LogP contribution in [0.2, 0.25) is 0 Å². The van der Waals surface area contributed by atoms with Crippen molar-refractivity contribution in [1.29, 1.82) is 0 Å². The van der Waals surface area contributed by atoms with Crippen molar-refractivity contribution >= 4 is 15.9 Å². The third-order valence-electron chi connectivity index (χ3n) is 2.33. The number of benzene rings is 1. The zero-order chi connectivity index (χ0) is 11.1. The third-order valence-corrected chi connectivity index (χ3v) is 3.90. The van der Waals surface area contributed by atoms with Crippen LogP contribution in [0.4, 0.5) is 0 Å². The fourth-order valence-electron chi connectivity index (χ4n) is 1.61. The third kappa shape index (κ3) is 1.73.